The monoisotopic (exact) mass is 496 g/mol. The number of hydrogen-bond acceptors (Lipinski definition) is 5. The molecule has 2 heterocycles. The van der Waals surface area contributed by atoms with Crippen molar-refractivity contribution < 1.29 is 13.9 Å². The minimum Gasteiger partial charge on any atom is -0.457 e. The highest BCUT2D eigenvalue weighted by molar-refractivity contribution is 5.92. The maximum absolute atomic E-state index is 13.0. The molecule has 0 atom stereocenters. The van der Waals surface area contributed by atoms with Crippen molar-refractivity contribution in [3.63, 3.8) is 0 Å². The van der Waals surface area contributed by atoms with Crippen LogP contribution in [0.1, 0.15) is 11.1 Å². The van der Waals surface area contributed by atoms with Crippen LogP contribution in [0, 0.1) is 5.82 Å². The Bertz CT molecular complexity index is 1310. The van der Waals surface area contributed by atoms with Crippen LogP contribution in [0.5, 0.6) is 11.5 Å². The molecule has 1 N–H and O–H groups in total. The number of pyridine rings is 1. The van der Waals surface area contributed by atoms with E-state index in [0.29, 0.717) is 5.69 Å². The van der Waals surface area contributed by atoms with Gasteiger partial charge in [-0.25, -0.2) is 9.37 Å². The van der Waals surface area contributed by atoms with E-state index in [1.54, 1.807) is 18.3 Å². The molecule has 1 aliphatic rings. The summed E-state index contributed by atoms with van der Waals surface area (Å²) < 4.78 is 19.0. The number of rotatable bonds is 8. The second kappa shape index (κ2) is 11.7. The fraction of sp³-hybridized carbons (Fsp3) is 0.200. The zero-order valence-corrected chi connectivity index (χ0v) is 20.5. The molecule has 4 aromatic rings. The molecule has 5 rings (SSSR count). The molecule has 0 aliphatic carbocycles. The van der Waals surface area contributed by atoms with Gasteiger partial charge in [0.1, 0.15) is 23.1 Å². The molecule has 37 heavy (non-hydrogen) atoms. The van der Waals surface area contributed by atoms with Gasteiger partial charge in [0, 0.05) is 32.7 Å². The second-order valence-electron chi connectivity index (χ2n) is 9.08. The summed E-state index contributed by atoms with van der Waals surface area (Å²) >= 11 is 0. The number of para-hydroxylation sites is 1. The smallest absolute Gasteiger partial charge is 0.228 e. The number of ether oxygens (including phenoxy) is 1. The van der Waals surface area contributed by atoms with Gasteiger partial charge in [-0.1, -0.05) is 42.5 Å². The highest BCUT2D eigenvalue weighted by atomic mass is 19.1. The van der Waals surface area contributed by atoms with E-state index in [1.807, 2.05) is 54.6 Å². The topological polar surface area (TPSA) is 57.7 Å². The average molecular weight is 497 g/mol. The van der Waals surface area contributed by atoms with Crippen molar-refractivity contribution >= 4 is 17.4 Å². The number of nitrogens with one attached hydrogen (secondary N) is 1. The zero-order chi connectivity index (χ0) is 25.5. The molecule has 7 heteroatoms. The van der Waals surface area contributed by atoms with Crippen LogP contribution >= 0.6 is 0 Å². The maximum atomic E-state index is 13.0. The first-order chi connectivity index (χ1) is 18.1. The van der Waals surface area contributed by atoms with Crippen molar-refractivity contribution in [1.29, 1.82) is 0 Å². The van der Waals surface area contributed by atoms with Gasteiger partial charge >= 0.3 is 0 Å². The molecule has 1 aliphatic heterocycles. The lowest BCUT2D eigenvalue weighted by molar-refractivity contribution is -0.115. The van der Waals surface area contributed by atoms with E-state index < -0.39 is 0 Å². The number of aromatic nitrogens is 1. The summed E-state index contributed by atoms with van der Waals surface area (Å²) in [6.07, 6.45) is 1.87. The van der Waals surface area contributed by atoms with Crippen molar-refractivity contribution in [2.75, 3.05) is 36.4 Å². The van der Waals surface area contributed by atoms with Gasteiger partial charge in [0.05, 0.1) is 18.3 Å². The van der Waals surface area contributed by atoms with Gasteiger partial charge in [0.15, 0.2) is 0 Å². The minimum atomic E-state index is -0.313. The first-order valence-corrected chi connectivity index (χ1v) is 12.4. The van der Waals surface area contributed by atoms with E-state index in [1.165, 1.54) is 17.7 Å². The Morgan fingerprint density at radius 1 is 0.838 bits per heavy atom. The minimum absolute atomic E-state index is 0.159. The van der Waals surface area contributed by atoms with Gasteiger partial charge in [-0.05, 0) is 59.7 Å². The van der Waals surface area contributed by atoms with Crippen molar-refractivity contribution in [1.82, 2.24) is 9.88 Å². The molecule has 188 valence electrons. The van der Waals surface area contributed by atoms with Gasteiger partial charge < -0.3 is 15.0 Å². The lowest BCUT2D eigenvalue weighted by atomic mass is 10.1. The SMILES string of the molecule is O=C(Cc1ccc(F)cc1)Nc1ccc(N2CCN(Cc3cccc(Oc4ccccc4)c3)CC2)nc1. The van der Waals surface area contributed by atoms with Crippen molar-refractivity contribution in [3.05, 3.63) is 114 Å². The van der Waals surface area contributed by atoms with Gasteiger partial charge in [-0.2, -0.15) is 0 Å². The highest BCUT2D eigenvalue weighted by Crippen LogP contribution is 2.23. The summed E-state index contributed by atoms with van der Waals surface area (Å²) in [6, 6.07) is 27.8. The van der Waals surface area contributed by atoms with Crippen molar-refractivity contribution in [2.24, 2.45) is 0 Å². The molecule has 0 spiro atoms. The predicted octanol–water partition coefficient (Wildman–Crippen LogP) is 5.52. The number of anilines is 2. The zero-order valence-electron chi connectivity index (χ0n) is 20.5. The Kier molecular flexibility index (Phi) is 7.72. The summed E-state index contributed by atoms with van der Waals surface area (Å²) in [7, 11) is 0. The van der Waals surface area contributed by atoms with Crippen LogP contribution in [0.15, 0.2) is 97.2 Å². The molecular weight excluding hydrogens is 467 g/mol. The van der Waals surface area contributed by atoms with E-state index >= 15 is 0 Å². The molecule has 0 bridgehead atoms. The number of nitrogens with zero attached hydrogens (tertiary/aromatic N) is 3. The van der Waals surface area contributed by atoms with Crippen LogP contribution in [-0.2, 0) is 17.8 Å². The van der Waals surface area contributed by atoms with Gasteiger partial charge in [0.2, 0.25) is 5.91 Å². The van der Waals surface area contributed by atoms with E-state index in [0.717, 1.165) is 55.6 Å². The summed E-state index contributed by atoms with van der Waals surface area (Å²) in [5, 5.41) is 2.86. The number of benzene rings is 3. The molecule has 3 aromatic carbocycles. The molecule has 1 fully saturated rings. The molecule has 0 saturated carbocycles. The van der Waals surface area contributed by atoms with E-state index in [-0.39, 0.29) is 18.1 Å². The molecule has 1 saturated heterocycles. The van der Waals surface area contributed by atoms with E-state index in [2.05, 4.69) is 32.2 Å². The predicted molar refractivity (Wildman–Crippen MR) is 143 cm³/mol. The van der Waals surface area contributed by atoms with Crippen LogP contribution < -0.4 is 15.0 Å². The first kappa shape index (κ1) is 24.5. The van der Waals surface area contributed by atoms with Crippen LogP contribution in [0.25, 0.3) is 0 Å². The average Bonchev–Trinajstić information content (AvgIpc) is 2.92. The Balaban J connectivity index is 1.09. The third-order valence-corrected chi connectivity index (χ3v) is 6.29. The third kappa shape index (κ3) is 6.92. The van der Waals surface area contributed by atoms with Crippen molar-refractivity contribution in [2.45, 2.75) is 13.0 Å². The number of piperazine rings is 1. The van der Waals surface area contributed by atoms with Crippen LogP contribution in [-0.4, -0.2) is 42.0 Å². The second-order valence-corrected chi connectivity index (χ2v) is 9.08. The number of halogens is 1. The lowest BCUT2D eigenvalue weighted by Crippen LogP contribution is -2.46. The number of carbonyl (C=O) groups excluding carboxylic acids is 1. The van der Waals surface area contributed by atoms with Crippen LogP contribution in [0.4, 0.5) is 15.9 Å². The van der Waals surface area contributed by atoms with Gasteiger partial charge in [-0.3, -0.25) is 9.69 Å². The van der Waals surface area contributed by atoms with Gasteiger partial charge in [-0.15, -0.1) is 0 Å². The summed E-state index contributed by atoms with van der Waals surface area (Å²) in [6.45, 7) is 4.49. The maximum Gasteiger partial charge on any atom is 0.228 e. The fourth-order valence-electron chi connectivity index (χ4n) is 4.37. The summed E-state index contributed by atoms with van der Waals surface area (Å²) in [5.74, 6) is 2.10. The van der Waals surface area contributed by atoms with Gasteiger partial charge in [0.25, 0.3) is 0 Å². The first-order valence-electron chi connectivity index (χ1n) is 12.4. The standard InChI is InChI=1S/C30H29FN4O2/c31-25-11-9-23(10-12-25)20-30(36)33-26-13-14-29(32-21-26)35-17-15-34(16-18-35)22-24-5-4-8-28(19-24)37-27-6-2-1-3-7-27/h1-14,19,21H,15-18,20,22H2,(H,33,36). The number of carbonyl (C=O) groups is 1. The molecular formula is C30H29FN4O2. The Morgan fingerprint density at radius 3 is 2.32 bits per heavy atom. The highest BCUT2D eigenvalue weighted by Gasteiger charge is 2.18. The number of amides is 1. The third-order valence-electron chi connectivity index (χ3n) is 6.29. The largest absolute Gasteiger partial charge is 0.457 e. The Hall–Kier alpha value is -4.23. The van der Waals surface area contributed by atoms with Crippen LogP contribution in [0.2, 0.25) is 0 Å². The Labute approximate surface area is 216 Å². The quantitative estimate of drug-likeness (QED) is 0.348. The normalized spacial score (nSPS) is 13.8. The summed E-state index contributed by atoms with van der Waals surface area (Å²) in [4.78, 5) is 21.5. The molecule has 1 aromatic heterocycles. The van der Waals surface area contributed by atoms with E-state index in [4.69, 9.17) is 4.74 Å². The fourth-order valence-corrected chi connectivity index (χ4v) is 4.37. The Morgan fingerprint density at radius 2 is 1.59 bits per heavy atom. The molecule has 6 nitrogen and oxygen atoms in total. The number of hydrogen-bond donors (Lipinski definition) is 1. The lowest BCUT2D eigenvalue weighted by Gasteiger charge is -2.35. The summed E-state index contributed by atoms with van der Waals surface area (Å²) in [5.41, 5.74) is 2.63. The van der Waals surface area contributed by atoms with E-state index in [9.17, 15) is 9.18 Å². The molecule has 0 unspecified atom stereocenters. The molecule has 0 radical (unpaired) electrons. The van der Waals surface area contributed by atoms with Crippen LogP contribution in [0.3, 0.4) is 0 Å². The molecule has 1 amide bonds. The van der Waals surface area contributed by atoms with Crippen molar-refractivity contribution in [3.8, 4) is 11.5 Å².